The Hall–Kier alpha value is -0.910. The zero-order valence-electron chi connectivity index (χ0n) is 11.7. The number of benzene rings is 1. The Morgan fingerprint density at radius 3 is 2.42 bits per heavy atom. The highest BCUT2D eigenvalue weighted by molar-refractivity contribution is 7.89. The van der Waals surface area contributed by atoms with Gasteiger partial charge >= 0.3 is 0 Å². The summed E-state index contributed by atoms with van der Waals surface area (Å²) in [4.78, 5) is 0.431. The first-order chi connectivity index (χ1) is 8.93. The zero-order chi connectivity index (χ0) is 14.0. The average Bonchev–Trinajstić information content (AvgIpc) is 2.39. The van der Waals surface area contributed by atoms with Crippen molar-refractivity contribution in [2.24, 2.45) is 0 Å². The SMILES string of the molecule is Cc1ccc(C(C)C)cc1S(=O)(=O)N1CCOCC1. The quantitative estimate of drug-likeness (QED) is 0.854. The van der Waals surface area contributed by atoms with Gasteiger partial charge in [-0.15, -0.1) is 0 Å². The Labute approximate surface area is 115 Å². The van der Waals surface area contributed by atoms with Gasteiger partial charge in [0.05, 0.1) is 18.1 Å². The van der Waals surface area contributed by atoms with E-state index in [1.165, 1.54) is 4.31 Å². The maximum Gasteiger partial charge on any atom is 0.243 e. The molecule has 19 heavy (non-hydrogen) atoms. The van der Waals surface area contributed by atoms with Gasteiger partial charge in [-0.1, -0.05) is 26.0 Å². The third-order valence-electron chi connectivity index (χ3n) is 3.47. The van der Waals surface area contributed by atoms with E-state index in [9.17, 15) is 8.42 Å². The largest absolute Gasteiger partial charge is 0.379 e. The molecule has 0 aromatic heterocycles. The van der Waals surface area contributed by atoms with Crippen LogP contribution in [0.4, 0.5) is 0 Å². The first kappa shape index (κ1) is 14.5. The fourth-order valence-corrected chi connectivity index (χ4v) is 3.85. The summed E-state index contributed by atoms with van der Waals surface area (Å²) in [5, 5.41) is 0. The van der Waals surface area contributed by atoms with Crippen LogP contribution in [0.2, 0.25) is 0 Å². The van der Waals surface area contributed by atoms with Crippen molar-refractivity contribution in [3.63, 3.8) is 0 Å². The zero-order valence-corrected chi connectivity index (χ0v) is 12.5. The maximum absolute atomic E-state index is 12.7. The van der Waals surface area contributed by atoms with Crippen LogP contribution in [-0.4, -0.2) is 39.0 Å². The van der Waals surface area contributed by atoms with Crippen molar-refractivity contribution < 1.29 is 13.2 Å². The second-order valence-electron chi connectivity index (χ2n) is 5.20. The standard InChI is InChI=1S/C14H21NO3S/c1-11(2)13-5-4-12(3)14(10-13)19(16,17)15-6-8-18-9-7-15/h4-5,10-11H,6-9H2,1-3H3. The second-order valence-corrected chi connectivity index (χ2v) is 7.10. The van der Waals surface area contributed by atoms with Gasteiger partial charge < -0.3 is 4.74 Å². The van der Waals surface area contributed by atoms with Gasteiger partial charge in [0.15, 0.2) is 0 Å². The van der Waals surface area contributed by atoms with Crippen LogP contribution in [0.3, 0.4) is 0 Å². The van der Waals surface area contributed by atoms with E-state index in [1.54, 1.807) is 0 Å². The molecule has 0 bridgehead atoms. The van der Waals surface area contributed by atoms with Gasteiger partial charge in [0.1, 0.15) is 0 Å². The summed E-state index contributed by atoms with van der Waals surface area (Å²) >= 11 is 0. The van der Waals surface area contributed by atoms with Gasteiger partial charge in [-0.25, -0.2) is 8.42 Å². The molecule has 1 aromatic carbocycles. The molecule has 0 N–H and O–H groups in total. The van der Waals surface area contributed by atoms with Gasteiger partial charge in [-0.05, 0) is 30.0 Å². The van der Waals surface area contributed by atoms with Crippen LogP contribution in [0, 0.1) is 6.92 Å². The molecule has 0 radical (unpaired) electrons. The van der Waals surface area contributed by atoms with Crippen molar-refractivity contribution in [3.05, 3.63) is 29.3 Å². The van der Waals surface area contributed by atoms with Gasteiger partial charge in [0.25, 0.3) is 0 Å². The molecule has 0 atom stereocenters. The minimum atomic E-state index is -3.40. The maximum atomic E-state index is 12.7. The molecule has 0 amide bonds. The van der Waals surface area contributed by atoms with Crippen LogP contribution in [0.1, 0.15) is 30.9 Å². The molecule has 5 heteroatoms. The van der Waals surface area contributed by atoms with Crippen molar-refractivity contribution >= 4 is 10.0 Å². The molecule has 106 valence electrons. The van der Waals surface area contributed by atoms with E-state index in [0.717, 1.165) is 11.1 Å². The lowest BCUT2D eigenvalue weighted by atomic mass is 10.0. The van der Waals surface area contributed by atoms with Crippen molar-refractivity contribution in [2.45, 2.75) is 31.6 Å². The summed E-state index contributed by atoms with van der Waals surface area (Å²) in [7, 11) is -3.40. The molecule has 1 aliphatic heterocycles. The Bertz CT molecular complexity index is 546. The Balaban J connectivity index is 2.41. The minimum absolute atomic E-state index is 0.319. The predicted molar refractivity (Wildman–Crippen MR) is 74.8 cm³/mol. The highest BCUT2D eigenvalue weighted by Crippen LogP contribution is 2.25. The number of sulfonamides is 1. The average molecular weight is 283 g/mol. The van der Waals surface area contributed by atoms with E-state index in [2.05, 4.69) is 13.8 Å². The smallest absolute Gasteiger partial charge is 0.243 e. The molecule has 0 aliphatic carbocycles. The number of aryl methyl sites for hydroxylation is 1. The fourth-order valence-electron chi connectivity index (χ4n) is 2.18. The molecule has 0 spiro atoms. The van der Waals surface area contributed by atoms with Gasteiger partial charge in [0.2, 0.25) is 10.0 Å². The van der Waals surface area contributed by atoms with Crippen LogP contribution >= 0.6 is 0 Å². The third kappa shape index (κ3) is 2.99. The molecule has 1 heterocycles. The van der Waals surface area contributed by atoms with Crippen molar-refractivity contribution in [3.8, 4) is 0 Å². The molecule has 4 nitrogen and oxygen atoms in total. The molecular weight excluding hydrogens is 262 g/mol. The van der Waals surface area contributed by atoms with Gasteiger partial charge in [0, 0.05) is 13.1 Å². The monoisotopic (exact) mass is 283 g/mol. The molecule has 2 rings (SSSR count). The lowest BCUT2D eigenvalue weighted by molar-refractivity contribution is 0.0730. The molecule has 1 saturated heterocycles. The summed E-state index contributed by atoms with van der Waals surface area (Å²) in [6.07, 6.45) is 0. The molecule has 0 unspecified atom stereocenters. The highest BCUT2D eigenvalue weighted by atomic mass is 32.2. The molecule has 1 aliphatic rings. The third-order valence-corrected chi connectivity index (χ3v) is 5.51. The molecule has 0 saturated carbocycles. The lowest BCUT2D eigenvalue weighted by Gasteiger charge is -2.27. The van der Waals surface area contributed by atoms with Crippen LogP contribution in [0.5, 0.6) is 0 Å². The molecular formula is C14H21NO3S. The van der Waals surface area contributed by atoms with Crippen molar-refractivity contribution in [1.29, 1.82) is 0 Å². The van der Waals surface area contributed by atoms with E-state index in [0.29, 0.717) is 37.1 Å². The minimum Gasteiger partial charge on any atom is -0.379 e. The number of nitrogens with zero attached hydrogens (tertiary/aromatic N) is 1. The Morgan fingerprint density at radius 2 is 1.84 bits per heavy atom. The van der Waals surface area contributed by atoms with Crippen LogP contribution in [-0.2, 0) is 14.8 Å². The molecule has 1 fully saturated rings. The van der Waals surface area contributed by atoms with Crippen LogP contribution < -0.4 is 0 Å². The van der Waals surface area contributed by atoms with Gasteiger partial charge in [-0.2, -0.15) is 4.31 Å². The van der Waals surface area contributed by atoms with Gasteiger partial charge in [-0.3, -0.25) is 0 Å². The highest BCUT2D eigenvalue weighted by Gasteiger charge is 2.27. The fraction of sp³-hybridized carbons (Fsp3) is 0.571. The van der Waals surface area contributed by atoms with Crippen LogP contribution in [0.25, 0.3) is 0 Å². The first-order valence-electron chi connectivity index (χ1n) is 6.61. The lowest BCUT2D eigenvalue weighted by Crippen LogP contribution is -2.40. The topological polar surface area (TPSA) is 46.6 Å². The number of morpholine rings is 1. The van der Waals surface area contributed by atoms with Crippen molar-refractivity contribution in [1.82, 2.24) is 4.31 Å². The summed E-state index contributed by atoms with van der Waals surface area (Å²) in [6, 6.07) is 5.70. The summed E-state index contributed by atoms with van der Waals surface area (Å²) in [6.45, 7) is 7.80. The summed E-state index contributed by atoms with van der Waals surface area (Å²) in [5.41, 5.74) is 1.85. The van der Waals surface area contributed by atoms with E-state index < -0.39 is 10.0 Å². The predicted octanol–water partition coefficient (Wildman–Crippen LogP) is 2.14. The normalized spacial score (nSPS) is 17.9. The number of hydrogen-bond acceptors (Lipinski definition) is 3. The number of hydrogen-bond donors (Lipinski definition) is 0. The first-order valence-corrected chi connectivity index (χ1v) is 8.05. The van der Waals surface area contributed by atoms with E-state index >= 15 is 0 Å². The van der Waals surface area contributed by atoms with E-state index in [4.69, 9.17) is 4.74 Å². The second kappa shape index (κ2) is 5.61. The van der Waals surface area contributed by atoms with E-state index in [-0.39, 0.29) is 0 Å². The molecule has 1 aromatic rings. The Kier molecular flexibility index (Phi) is 4.28. The number of ether oxygens (including phenoxy) is 1. The number of rotatable bonds is 3. The van der Waals surface area contributed by atoms with E-state index in [1.807, 2.05) is 25.1 Å². The van der Waals surface area contributed by atoms with Crippen LogP contribution in [0.15, 0.2) is 23.1 Å². The summed E-state index contributed by atoms with van der Waals surface area (Å²) < 4.78 is 32.0. The summed E-state index contributed by atoms with van der Waals surface area (Å²) in [5.74, 6) is 0.319. The Morgan fingerprint density at radius 1 is 1.21 bits per heavy atom. The van der Waals surface area contributed by atoms with Crippen molar-refractivity contribution in [2.75, 3.05) is 26.3 Å².